The number of ether oxygens (including phenoxy) is 1. The molecule has 0 radical (unpaired) electrons. The van der Waals surface area contributed by atoms with Crippen molar-refractivity contribution in [2.24, 2.45) is 0 Å². The van der Waals surface area contributed by atoms with Crippen molar-refractivity contribution < 1.29 is 4.74 Å². The van der Waals surface area contributed by atoms with Crippen molar-refractivity contribution in [3.8, 4) is 0 Å². The monoisotopic (exact) mass is 294 g/mol. The third-order valence-corrected chi connectivity index (χ3v) is 3.57. The highest BCUT2D eigenvalue weighted by Gasteiger charge is 2.11. The zero-order valence-corrected chi connectivity index (χ0v) is 12.7. The molecule has 0 amide bonds. The van der Waals surface area contributed by atoms with E-state index >= 15 is 0 Å². The van der Waals surface area contributed by atoms with E-state index in [4.69, 9.17) is 16.3 Å². The molecule has 0 aliphatic rings. The van der Waals surface area contributed by atoms with Gasteiger partial charge in [0.15, 0.2) is 0 Å². The third-order valence-electron chi connectivity index (χ3n) is 3.27. The fraction of sp³-hybridized carbons (Fsp3) is 0.429. The topological polar surface area (TPSA) is 52.0 Å². The lowest BCUT2D eigenvalue weighted by molar-refractivity contribution is 0.182. The Morgan fingerprint density at radius 1 is 1.40 bits per heavy atom. The first-order valence-electron chi connectivity index (χ1n) is 6.48. The largest absolute Gasteiger partial charge is 0.383 e. The minimum Gasteiger partial charge on any atom is -0.383 e. The average Bonchev–Trinajstić information content (AvgIpc) is 2.71. The maximum absolute atomic E-state index is 6.08. The number of aryl methyl sites for hydroxylation is 1. The summed E-state index contributed by atoms with van der Waals surface area (Å²) in [5.74, 6) is 0. The summed E-state index contributed by atoms with van der Waals surface area (Å²) in [7, 11) is 1.69. The van der Waals surface area contributed by atoms with E-state index in [0.29, 0.717) is 18.2 Å². The number of aromatic nitrogens is 3. The second kappa shape index (κ2) is 6.72. The first-order chi connectivity index (χ1) is 9.63. The van der Waals surface area contributed by atoms with Crippen LogP contribution in [0.5, 0.6) is 0 Å². The summed E-state index contributed by atoms with van der Waals surface area (Å²) < 4.78 is 7.07. The van der Waals surface area contributed by atoms with Gasteiger partial charge in [0.25, 0.3) is 0 Å². The zero-order chi connectivity index (χ0) is 14.5. The van der Waals surface area contributed by atoms with E-state index in [2.05, 4.69) is 22.3 Å². The first kappa shape index (κ1) is 14.8. The van der Waals surface area contributed by atoms with E-state index in [9.17, 15) is 0 Å². The van der Waals surface area contributed by atoms with Crippen LogP contribution in [-0.2, 0) is 17.8 Å². The van der Waals surface area contributed by atoms with Gasteiger partial charge in [-0.2, -0.15) is 5.10 Å². The van der Waals surface area contributed by atoms with E-state index in [1.807, 2.05) is 17.7 Å². The quantitative estimate of drug-likeness (QED) is 0.890. The van der Waals surface area contributed by atoms with Crippen molar-refractivity contribution in [1.29, 1.82) is 0 Å². The van der Waals surface area contributed by atoms with Gasteiger partial charge in [-0.05, 0) is 19.9 Å². The van der Waals surface area contributed by atoms with Crippen LogP contribution in [0.2, 0.25) is 5.02 Å². The predicted octanol–water partition coefficient (Wildman–Crippen LogP) is 2.81. The van der Waals surface area contributed by atoms with Crippen LogP contribution in [0.25, 0.3) is 0 Å². The number of methoxy groups -OCH3 is 1. The van der Waals surface area contributed by atoms with Crippen LogP contribution in [0.15, 0.2) is 18.5 Å². The lowest BCUT2D eigenvalue weighted by atomic mass is 10.2. The normalized spacial score (nSPS) is 10.8. The van der Waals surface area contributed by atoms with Crippen LogP contribution >= 0.6 is 11.6 Å². The summed E-state index contributed by atoms with van der Waals surface area (Å²) in [6.45, 7) is 6.20. The molecule has 2 heterocycles. The second-order valence-corrected chi connectivity index (χ2v) is 4.98. The maximum Gasteiger partial charge on any atom is 0.0820 e. The maximum atomic E-state index is 6.08. The smallest absolute Gasteiger partial charge is 0.0820 e. The molecule has 0 spiro atoms. The Morgan fingerprint density at radius 3 is 2.90 bits per heavy atom. The Hall–Kier alpha value is -1.59. The molecule has 2 rings (SSSR count). The molecular weight excluding hydrogens is 276 g/mol. The molecule has 0 aliphatic carbocycles. The molecule has 0 saturated carbocycles. The number of anilines is 1. The molecule has 5 nitrogen and oxygen atoms in total. The highest BCUT2D eigenvalue weighted by Crippen LogP contribution is 2.21. The molecule has 0 unspecified atom stereocenters. The van der Waals surface area contributed by atoms with Crippen molar-refractivity contribution in [2.75, 3.05) is 19.0 Å². The van der Waals surface area contributed by atoms with Crippen molar-refractivity contribution in [2.45, 2.75) is 26.9 Å². The third kappa shape index (κ3) is 3.29. The number of rotatable bonds is 6. The highest BCUT2D eigenvalue weighted by molar-refractivity contribution is 6.33. The Kier molecular flexibility index (Phi) is 4.98. The predicted molar refractivity (Wildman–Crippen MR) is 80.2 cm³/mol. The van der Waals surface area contributed by atoms with Gasteiger partial charge in [-0.15, -0.1) is 0 Å². The van der Waals surface area contributed by atoms with E-state index < -0.39 is 0 Å². The van der Waals surface area contributed by atoms with Crippen LogP contribution in [0.4, 0.5) is 5.69 Å². The molecular formula is C14H19ClN4O. The van der Waals surface area contributed by atoms with Gasteiger partial charge < -0.3 is 10.1 Å². The van der Waals surface area contributed by atoms with Gasteiger partial charge in [0, 0.05) is 37.3 Å². The van der Waals surface area contributed by atoms with Crippen LogP contribution in [0.1, 0.15) is 17.0 Å². The standard InChI is InChI=1S/C14H19ClN4O/c1-10-12(11(2)19(18-10)6-7-20-3)8-17-14-4-5-16-9-13(14)15/h4-5,9H,6-8H2,1-3H3,(H,16,17). The summed E-state index contributed by atoms with van der Waals surface area (Å²) in [6, 6.07) is 1.86. The number of hydrogen-bond acceptors (Lipinski definition) is 4. The van der Waals surface area contributed by atoms with Gasteiger partial charge in [-0.3, -0.25) is 9.67 Å². The van der Waals surface area contributed by atoms with Crippen molar-refractivity contribution in [1.82, 2.24) is 14.8 Å². The van der Waals surface area contributed by atoms with Gasteiger partial charge in [-0.1, -0.05) is 11.6 Å². The lowest BCUT2D eigenvalue weighted by Gasteiger charge is -2.08. The van der Waals surface area contributed by atoms with E-state index in [1.54, 1.807) is 19.5 Å². The number of nitrogens with one attached hydrogen (secondary N) is 1. The van der Waals surface area contributed by atoms with Gasteiger partial charge in [0.1, 0.15) is 0 Å². The lowest BCUT2D eigenvalue weighted by Crippen LogP contribution is -2.08. The number of nitrogens with zero attached hydrogens (tertiary/aromatic N) is 3. The van der Waals surface area contributed by atoms with Crippen LogP contribution < -0.4 is 5.32 Å². The van der Waals surface area contributed by atoms with Gasteiger partial charge in [-0.25, -0.2) is 0 Å². The minimum atomic E-state index is 0.620. The first-order valence-corrected chi connectivity index (χ1v) is 6.86. The Bertz CT molecular complexity index is 583. The fourth-order valence-corrected chi connectivity index (χ4v) is 2.27. The summed E-state index contributed by atoms with van der Waals surface area (Å²) in [4.78, 5) is 3.97. The van der Waals surface area contributed by atoms with Gasteiger partial charge in [0.2, 0.25) is 0 Å². The fourth-order valence-electron chi connectivity index (χ4n) is 2.09. The van der Waals surface area contributed by atoms with Crippen LogP contribution in [-0.4, -0.2) is 28.5 Å². The zero-order valence-electron chi connectivity index (χ0n) is 12.0. The molecule has 0 fully saturated rings. The molecule has 0 atom stereocenters. The van der Waals surface area contributed by atoms with E-state index in [-0.39, 0.29) is 0 Å². The summed E-state index contributed by atoms with van der Waals surface area (Å²) in [6.07, 6.45) is 3.35. The molecule has 0 saturated heterocycles. The molecule has 2 aromatic rings. The SMILES string of the molecule is COCCn1nc(C)c(CNc2ccncc2Cl)c1C. The molecule has 1 N–H and O–H groups in total. The van der Waals surface area contributed by atoms with Crippen molar-refractivity contribution in [3.63, 3.8) is 0 Å². The molecule has 0 aliphatic heterocycles. The van der Waals surface area contributed by atoms with Crippen LogP contribution in [0.3, 0.4) is 0 Å². The average molecular weight is 295 g/mol. The van der Waals surface area contributed by atoms with Crippen molar-refractivity contribution in [3.05, 3.63) is 40.4 Å². The summed E-state index contributed by atoms with van der Waals surface area (Å²) in [5, 5.41) is 8.48. The van der Waals surface area contributed by atoms with Gasteiger partial charge in [0.05, 0.1) is 29.6 Å². The summed E-state index contributed by atoms with van der Waals surface area (Å²) in [5.41, 5.74) is 4.24. The molecule has 0 aromatic carbocycles. The number of halogens is 1. The van der Waals surface area contributed by atoms with Gasteiger partial charge >= 0.3 is 0 Å². The Labute approximate surface area is 123 Å². The van der Waals surface area contributed by atoms with Crippen molar-refractivity contribution >= 4 is 17.3 Å². The highest BCUT2D eigenvalue weighted by atomic mass is 35.5. The molecule has 0 bridgehead atoms. The Balaban J connectivity index is 2.10. The number of pyridine rings is 1. The molecule has 108 valence electrons. The van der Waals surface area contributed by atoms with Crippen LogP contribution in [0, 0.1) is 13.8 Å². The van der Waals surface area contributed by atoms with E-state index in [1.165, 1.54) is 5.56 Å². The molecule has 20 heavy (non-hydrogen) atoms. The molecule has 6 heteroatoms. The van der Waals surface area contributed by atoms with E-state index in [0.717, 1.165) is 23.6 Å². The minimum absolute atomic E-state index is 0.620. The Morgan fingerprint density at radius 2 is 2.20 bits per heavy atom. The molecule has 2 aromatic heterocycles. The second-order valence-electron chi connectivity index (χ2n) is 4.57. The number of hydrogen-bond donors (Lipinski definition) is 1. The summed E-state index contributed by atoms with van der Waals surface area (Å²) >= 11 is 6.08.